The number of nitrogens with two attached hydrogens (primary N) is 1. The van der Waals surface area contributed by atoms with Gasteiger partial charge in [0, 0.05) is 0 Å². The maximum absolute atomic E-state index is 12.3. The van der Waals surface area contributed by atoms with Crippen molar-refractivity contribution in [3.05, 3.63) is 28.7 Å². The van der Waals surface area contributed by atoms with Gasteiger partial charge < -0.3 is 15.2 Å². The molecule has 1 aliphatic heterocycles. The number of primary amides is 1. The van der Waals surface area contributed by atoms with Crippen LogP contribution in [0.2, 0.25) is 0 Å². The SMILES string of the molecule is CCOc1cc(/C=C2\SC(=O)N(CC(N)=O)C2=O)ccc1OCC(C)C. The largest absolute Gasteiger partial charge is 0.490 e. The van der Waals surface area contributed by atoms with E-state index in [-0.39, 0.29) is 4.91 Å². The number of hydrogen-bond acceptors (Lipinski definition) is 6. The topological polar surface area (TPSA) is 98.9 Å². The zero-order valence-corrected chi connectivity index (χ0v) is 15.8. The Morgan fingerprint density at radius 3 is 2.62 bits per heavy atom. The fourth-order valence-corrected chi connectivity index (χ4v) is 3.04. The molecule has 0 aromatic heterocycles. The third-order valence-electron chi connectivity index (χ3n) is 3.33. The minimum atomic E-state index is -0.737. The highest BCUT2D eigenvalue weighted by Gasteiger charge is 2.35. The summed E-state index contributed by atoms with van der Waals surface area (Å²) in [6.07, 6.45) is 1.58. The first-order valence-electron chi connectivity index (χ1n) is 8.25. The predicted molar refractivity (Wildman–Crippen MR) is 99.8 cm³/mol. The van der Waals surface area contributed by atoms with Gasteiger partial charge in [-0.25, -0.2) is 0 Å². The van der Waals surface area contributed by atoms with Gasteiger partial charge in [0.15, 0.2) is 11.5 Å². The van der Waals surface area contributed by atoms with E-state index in [1.807, 2.05) is 6.92 Å². The third-order valence-corrected chi connectivity index (χ3v) is 4.23. The van der Waals surface area contributed by atoms with Crippen LogP contribution in [0.3, 0.4) is 0 Å². The fraction of sp³-hybridized carbons (Fsp3) is 0.389. The van der Waals surface area contributed by atoms with Gasteiger partial charge in [-0.1, -0.05) is 19.9 Å². The number of benzene rings is 1. The molecule has 26 heavy (non-hydrogen) atoms. The first kappa shape index (κ1) is 19.8. The Morgan fingerprint density at radius 2 is 2.00 bits per heavy atom. The van der Waals surface area contributed by atoms with Crippen molar-refractivity contribution in [2.24, 2.45) is 11.7 Å². The van der Waals surface area contributed by atoms with E-state index in [0.29, 0.717) is 36.2 Å². The molecule has 0 unspecified atom stereocenters. The molecule has 2 rings (SSSR count). The van der Waals surface area contributed by atoms with Crippen LogP contribution in [0.25, 0.3) is 6.08 Å². The van der Waals surface area contributed by atoms with Crippen LogP contribution in [0.15, 0.2) is 23.1 Å². The van der Waals surface area contributed by atoms with Crippen LogP contribution < -0.4 is 15.2 Å². The Hall–Kier alpha value is -2.48. The van der Waals surface area contributed by atoms with Gasteiger partial charge in [0.05, 0.1) is 18.1 Å². The lowest BCUT2D eigenvalue weighted by molar-refractivity contribution is -0.127. The quantitative estimate of drug-likeness (QED) is 0.698. The number of carbonyl (C=O) groups is 3. The molecule has 0 atom stereocenters. The monoisotopic (exact) mass is 378 g/mol. The minimum Gasteiger partial charge on any atom is -0.490 e. The molecule has 1 saturated heterocycles. The predicted octanol–water partition coefficient (Wildman–Crippen LogP) is 2.64. The van der Waals surface area contributed by atoms with Gasteiger partial charge in [0.25, 0.3) is 11.1 Å². The van der Waals surface area contributed by atoms with Gasteiger partial charge in [-0.05, 0) is 48.4 Å². The molecule has 0 radical (unpaired) electrons. The van der Waals surface area contributed by atoms with E-state index in [4.69, 9.17) is 15.2 Å². The lowest BCUT2D eigenvalue weighted by atomic mass is 10.1. The summed E-state index contributed by atoms with van der Waals surface area (Å²) in [4.78, 5) is 36.2. The second-order valence-corrected chi connectivity index (χ2v) is 7.07. The molecule has 2 N–H and O–H groups in total. The zero-order chi connectivity index (χ0) is 19.3. The van der Waals surface area contributed by atoms with Gasteiger partial charge in [0.2, 0.25) is 5.91 Å². The van der Waals surface area contributed by atoms with Crippen LogP contribution in [-0.2, 0) is 9.59 Å². The molecule has 0 saturated carbocycles. The smallest absolute Gasteiger partial charge is 0.294 e. The molecule has 1 heterocycles. The van der Waals surface area contributed by atoms with E-state index in [0.717, 1.165) is 16.7 Å². The number of imide groups is 1. The van der Waals surface area contributed by atoms with E-state index in [1.54, 1.807) is 24.3 Å². The number of ether oxygens (including phenoxy) is 2. The summed E-state index contributed by atoms with van der Waals surface area (Å²) in [7, 11) is 0. The molecule has 3 amide bonds. The Bertz CT molecular complexity index is 745. The Balaban J connectivity index is 2.24. The lowest BCUT2D eigenvalue weighted by Crippen LogP contribution is -2.36. The maximum atomic E-state index is 12.3. The Kier molecular flexibility index (Phi) is 6.68. The van der Waals surface area contributed by atoms with E-state index in [1.165, 1.54) is 0 Å². The van der Waals surface area contributed by atoms with E-state index in [2.05, 4.69) is 13.8 Å². The molecule has 1 fully saturated rings. The van der Waals surface area contributed by atoms with Gasteiger partial charge in [0.1, 0.15) is 6.54 Å². The van der Waals surface area contributed by atoms with Crippen molar-refractivity contribution in [3.8, 4) is 11.5 Å². The van der Waals surface area contributed by atoms with Gasteiger partial charge in [-0.15, -0.1) is 0 Å². The van der Waals surface area contributed by atoms with Gasteiger partial charge in [-0.2, -0.15) is 0 Å². The van der Waals surface area contributed by atoms with Crippen LogP contribution in [0.4, 0.5) is 4.79 Å². The van der Waals surface area contributed by atoms with Gasteiger partial charge in [-0.3, -0.25) is 19.3 Å². The molecule has 0 bridgehead atoms. The molecular weight excluding hydrogens is 356 g/mol. The van der Waals surface area contributed by atoms with Crippen molar-refractivity contribution in [3.63, 3.8) is 0 Å². The first-order valence-corrected chi connectivity index (χ1v) is 9.06. The molecule has 1 aromatic rings. The van der Waals surface area contributed by atoms with Crippen molar-refractivity contribution in [1.82, 2.24) is 4.90 Å². The van der Waals surface area contributed by atoms with Crippen LogP contribution in [0.1, 0.15) is 26.3 Å². The Morgan fingerprint density at radius 1 is 1.27 bits per heavy atom. The summed E-state index contributed by atoms with van der Waals surface area (Å²) in [5, 5.41) is -0.512. The zero-order valence-electron chi connectivity index (χ0n) is 15.0. The van der Waals surface area contributed by atoms with E-state index < -0.39 is 23.6 Å². The highest BCUT2D eigenvalue weighted by molar-refractivity contribution is 8.18. The lowest BCUT2D eigenvalue weighted by Gasteiger charge is -2.14. The number of hydrogen-bond donors (Lipinski definition) is 1. The summed E-state index contributed by atoms with van der Waals surface area (Å²) in [6.45, 7) is 6.58. The molecule has 1 aromatic carbocycles. The number of rotatable bonds is 8. The fourth-order valence-electron chi connectivity index (χ4n) is 2.20. The highest BCUT2D eigenvalue weighted by Crippen LogP contribution is 2.34. The second-order valence-electron chi connectivity index (χ2n) is 6.08. The van der Waals surface area contributed by atoms with Gasteiger partial charge >= 0.3 is 0 Å². The summed E-state index contributed by atoms with van der Waals surface area (Å²) in [5.41, 5.74) is 5.76. The van der Waals surface area contributed by atoms with Crippen LogP contribution in [0, 0.1) is 5.92 Å². The van der Waals surface area contributed by atoms with Crippen molar-refractivity contribution < 1.29 is 23.9 Å². The molecule has 8 heteroatoms. The first-order chi connectivity index (χ1) is 12.3. The maximum Gasteiger partial charge on any atom is 0.294 e. The molecular formula is C18H22N2O5S. The molecule has 140 valence electrons. The van der Waals surface area contributed by atoms with Crippen LogP contribution in [0.5, 0.6) is 11.5 Å². The van der Waals surface area contributed by atoms with Crippen molar-refractivity contribution in [1.29, 1.82) is 0 Å². The number of thioether (sulfide) groups is 1. The third kappa shape index (κ3) is 5.01. The summed E-state index contributed by atoms with van der Waals surface area (Å²) < 4.78 is 11.4. The molecule has 7 nitrogen and oxygen atoms in total. The standard InChI is InChI=1S/C18H22N2O5S/c1-4-24-14-7-12(5-6-13(14)25-10-11(2)3)8-15-17(22)20(9-16(19)21)18(23)26-15/h5-8,11H,4,9-10H2,1-3H3,(H2,19,21)/b15-8-. The molecule has 1 aliphatic rings. The average Bonchev–Trinajstić information content (AvgIpc) is 2.81. The van der Waals surface area contributed by atoms with Crippen molar-refractivity contribution >= 4 is 34.9 Å². The van der Waals surface area contributed by atoms with E-state index in [9.17, 15) is 14.4 Å². The van der Waals surface area contributed by atoms with Crippen LogP contribution >= 0.6 is 11.8 Å². The van der Waals surface area contributed by atoms with Crippen LogP contribution in [-0.4, -0.2) is 41.7 Å². The second kappa shape index (κ2) is 8.75. The summed E-state index contributed by atoms with van der Waals surface area (Å²) in [6, 6.07) is 5.30. The average molecular weight is 378 g/mol. The minimum absolute atomic E-state index is 0.231. The summed E-state index contributed by atoms with van der Waals surface area (Å²) >= 11 is 0.775. The normalized spacial score (nSPS) is 15.8. The number of amides is 3. The number of nitrogens with zero attached hydrogens (tertiary/aromatic N) is 1. The van der Waals surface area contributed by atoms with Crippen molar-refractivity contribution in [2.75, 3.05) is 19.8 Å². The van der Waals surface area contributed by atoms with E-state index >= 15 is 0 Å². The summed E-state index contributed by atoms with van der Waals surface area (Å²) in [5.74, 6) is 0.301. The number of carbonyl (C=O) groups excluding carboxylic acids is 3. The highest BCUT2D eigenvalue weighted by atomic mass is 32.2. The Labute approximate surface area is 156 Å². The molecule has 0 aliphatic carbocycles. The van der Waals surface area contributed by atoms with Crippen molar-refractivity contribution in [2.45, 2.75) is 20.8 Å². The molecule has 0 spiro atoms.